The Balaban J connectivity index is 1.20. The van der Waals surface area contributed by atoms with Crippen LogP contribution < -0.4 is 15.4 Å². The molecule has 0 bridgehead atoms. The Morgan fingerprint density at radius 1 is 0.917 bits per heavy atom. The third kappa shape index (κ3) is 4.61. The fourth-order valence-electron chi connectivity index (χ4n) is 5.99. The number of aromatic nitrogens is 1. The number of ether oxygens (including phenoxy) is 1. The molecule has 2 fully saturated rings. The summed E-state index contributed by atoms with van der Waals surface area (Å²) in [6, 6.07) is 19.2. The topological polar surface area (TPSA) is 73.1 Å². The van der Waals surface area contributed by atoms with Crippen LogP contribution in [0.4, 0.5) is 5.82 Å². The van der Waals surface area contributed by atoms with Crippen molar-refractivity contribution in [2.75, 3.05) is 44.8 Å². The Morgan fingerprint density at radius 2 is 1.64 bits per heavy atom. The van der Waals surface area contributed by atoms with Crippen molar-refractivity contribution >= 4 is 11.7 Å². The second-order valence-electron chi connectivity index (χ2n) is 10.3. The molecule has 2 atom stereocenters. The molecule has 188 valence electrons. The summed E-state index contributed by atoms with van der Waals surface area (Å²) < 4.78 is 5.98. The van der Waals surface area contributed by atoms with Crippen LogP contribution in [-0.2, 0) is 0 Å². The van der Waals surface area contributed by atoms with E-state index in [1.165, 1.54) is 51.9 Å². The van der Waals surface area contributed by atoms with Crippen molar-refractivity contribution in [3.8, 4) is 22.6 Å². The third-order valence-electron chi connectivity index (χ3n) is 8.05. The van der Waals surface area contributed by atoms with Crippen molar-refractivity contribution in [2.24, 2.45) is 10.7 Å². The molecule has 3 N–H and O–H groups in total. The molecule has 36 heavy (non-hydrogen) atoms. The van der Waals surface area contributed by atoms with Crippen LogP contribution in [-0.4, -0.2) is 72.6 Å². The van der Waals surface area contributed by atoms with Crippen LogP contribution in [0.3, 0.4) is 0 Å². The fourth-order valence-corrected chi connectivity index (χ4v) is 5.99. The molecular weight excluding hydrogens is 448 g/mol. The summed E-state index contributed by atoms with van der Waals surface area (Å²) in [7, 11) is 2.23. The number of nitrogens with two attached hydrogens (primary N) is 1. The van der Waals surface area contributed by atoms with Gasteiger partial charge in [0.05, 0.1) is 5.56 Å². The van der Waals surface area contributed by atoms with E-state index in [1.54, 1.807) is 0 Å². The zero-order valence-corrected chi connectivity index (χ0v) is 21.1. The molecule has 0 spiro atoms. The van der Waals surface area contributed by atoms with Gasteiger partial charge >= 0.3 is 0 Å². The van der Waals surface area contributed by atoms with Gasteiger partial charge in [-0.15, -0.1) is 0 Å². The highest BCUT2D eigenvalue weighted by molar-refractivity contribution is 6.09. The number of hydrogen-bond donors (Lipinski definition) is 2. The van der Waals surface area contributed by atoms with Crippen molar-refractivity contribution in [1.82, 2.24) is 14.8 Å². The van der Waals surface area contributed by atoms with Crippen LogP contribution in [0.25, 0.3) is 11.1 Å². The fraction of sp³-hybridized carbons (Fsp3) is 0.414. The summed E-state index contributed by atoms with van der Waals surface area (Å²) in [5.74, 6) is 3.38. The van der Waals surface area contributed by atoms with Gasteiger partial charge in [-0.05, 0) is 62.6 Å². The zero-order valence-electron chi connectivity index (χ0n) is 21.1. The van der Waals surface area contributed by atoms with Crippen LogP contribution in [0.1, 0.15) is 31.2 Å². The van der Waals surface area contributed by atoms with Crippen molar-refractivity contribution in [3.63, 3.8) is 0 Å². The molecule has 0 amide bonds. The molecule has 7 heteroatoms. The number of aromatic amines is 1. The number of amidine groups is 1. The molecule has 1 aromatic heterocycles. The molecule has 1 saturated heterocycles. The molecule has 1 saturated carbocycles. The van der Waals surface area contributed by atoms with Gasteiger partial charge in [-0.2, -0.15) is 0 Å². The van der Waals surface area contributed by atoms with E-state index in [4.69, 9.17) is 15.5 Å². The number of aliphatic imine (C=N–C) groups is 1. The van der Waals surface area contributed by atoms with E-state index in [0.717, 1.165) is 34.0 Å². The molecule has 3 aromatic rings. The van der Waals surface area contributed by atoms with E-state index in [1.807, 2.05) is 42.5 Å². The highest BCUT2D eigenvalue weighted by Crippen LogP contribution is 2.38. The smallest absolute Gasteiger partial charge is 0.132 e. The molecule has 1 aliphatic carbocycles. The molecule has 2 aromatic carbocycles. The standard InChI is InChI=1S/C29H36N6O/c1-33-14-16-34(17-15-33)22-6-5-7-23(18-22)35-20-32-28(30)27-26(19-31-29(27)35)21-10-12-25(13-11-21)36-24-8-3-2-4-9-24/h2-4,8-13,19,22-23,31H,5-7,14-18,20H2,1H3,(H2,30,32)/t22-,23+/m1/s1. The lowest BCUT2D eigenvalue weighted by Crippen LogP contribution is -2.53. The Bertz CT molecular complexity index is 1200. The van der Waals surface area contributed by atoms with Gasteiger partial charge in [-0.3, -0.25) is 4.90 Å². The Kier molecular flexibility index (Phi) is 6.42. The number of hydrogen-bond acceptors (Lipinski definition) is 6. The number of piperazine rings is 1. The number of nitrogens with zero attached hydrogens (tertiary/aromatic N) is 4. The number of H-pyrrole nitrogens is 1. The molecule has 0 radical (unpaired) electrons. The highest BCUT2D eigenvalue weighted by Gasteiger charge is 2.34. The Morgan fingerprint density at radius 3 is 2.42 bits per heavy atom. The van der Waals surface area contributed by atoms with Gasteiger partial charge in [0.1, 0.15) is 29.8 Å². The van der Waals surface area contributed by atoms with Gasteiger partial charge in [0.2, 0.25) is 0 Å². The van der Waals surface area contributed by atoms with E-state index in [2.05, 4.69) is 45.1 Å². The number of rotatable bonds is 5. The van der Waals surface area contributed by atoms with E-state index >= 15 is 0 Å². The van der Waals surface area contributed by atoms with Crippen molar-refractivity contribution < 1.29 is 4.74 Å². The zero-order chi connectivity index (χ0) is 24.5. The first kappa shape index (κ1) is 23.1. The molecule has 2 aliphatic heterocycles. The highest BCUT2D eigenvalue weighted by atomic mass is 16.5. The van der Waals surface area contributed by atoms with Crippen molar-refractivity contribution in [2.45, 2.75) is 37.8 Å². The monoisotopic (exact) mass is 484 g/mol. The minimum absolute atomic E-state index is 0.479. The number of fused-ring (bicyclic) bond motifs is 1. The molecule has 6 rings (SSSR count). The molecule has 0 unspecified atom stereocenters. The predicted octanol–water partition coefficient (Wildman–Crippen LogP) is 4.52. The van der Waals surface area contributed by atoms with Crippen LogP contribution in [0.5, 0.6) is 11.5 Å². The summed E-state index contributed by atoms with van der Waals surface area (Å²) in [6.45, 7) is 5.33. The summed E-state index contributed by atoms with van der Waals surface area (Å²) in [5, 5.41) is 0. The minimum atomic E-state index is 0.479. The van der Waals surface area contributed by atoms with Crippen LogP contribution in [0.2, 0.25) is 0 Å². The second-order valence-corrected chi connectivity index (χ2v) is 10.3. The number of nitrogens with one attached hydrogen (secondary N) is 1. The lowest BCUT2D eigenvalue weighted by molar-refractivity contribution is 0.0858. The normalized spacial score (nSPS) is 23.2. The van der Waals surface area contributed by atoms with E-state index in [0.29, 0.717) is 24.6 Å². The van der Waals surface area contributed by atoms with Gasteiger partial charge in [0.25, 0.3) is 0 Å². The van der Waals surface area contributed by atoms with Crippen LogP contribution >= 0.6 is 0 Å². The second kappa shape index (κ2) is 9.99. The molecule has 3 aliphatic rings. The summed E-state index contributed by atoms with van der Waals surface area (Å²) in [5.41, 5.74) is 9.70. The summed E-state index contributed by atoms with van der Waals surface area (Å²) in [4.78, 5) is 15.9. The quantitative estimate of drug-likeness (QED) is 0.557. The summed E-state index contributed by atoms with van der Waals surface area (Å²) in [6.07, 6.45) is 7.06. The maximum Gasteiger partial charge on any atom is 0.132 e. The van der Waals surface area contributed by atoms with E-state index < -0.39 is 0 Å². The molecule has 3 heterocycles. The first-order valence-corrected chi connectivity index (χ1v) is 13.2. The third-order valence-corrected chi connectivity index (χ3v) is 8.05. The average molecular weight is 485 g/mol. The number of likely N-dealkylation sites (N-methyl/N-ethyl adjacent to an activating group) is 1. The molecular formula is C29H36N6O. The maximum atomic E-state index is 6.48. The van der Waals surface area contributed by atoms with Gasteiger partial charge < -0.3 is 25.3 Å². The van der Waals surface area contributed by atoms with Gasteiger partial charge in [-0.1, -0.05) is 30.3 Å². The van der Waals surface area contributed by atoms with Gasteiger partial charge in [0.15, 0.2) is 0 Å². The van der Waals surface area contributed by atoms with Crippen molar-refractivity contribution in [3.05, 3.63) is 66.4 Å². The van der Waals surface area contributed by atoms with Gasteiger partial charge in [-0.25, -0.2) is 4.99 Å². The van der Waals surface area contributed by atoms with Crippen LogP contribution in [0.15, 0.2) is 65.8 Å². The first-order valence-electron chi connectivity index (χ1n) is 13.2. The number of para-hydroxylation sites is 1. The maximum absolute atomic E-state index is 6.48. The Hall–Kier alpha value is -3.29. The van der Waals surface area contributed by atoms with Crippen molar-refractivity contribution in [1.29, 1.82) is 0 Å². The first-order chi connectivity index (χ1) is 17.7. The number of benzene rings is 2. The summed E-state index contributed by atoms with van der Waals surface area (Å²) >= 11 is 0. The minimum Gasteiger partial charge on any atom is -0.457 e. The van der Waals surface area contributed by atoms with E-state index in [-0.39, 0.29) is 0 Å². The SMILES string of the molecule is CN1CCN([C@@H]2CCC[C@H](N3CN=C(N)c4c(-c5ccc(Oc6ccccc6)cc5)c[nH]c43)C2)CC1. The lowest BCUT2D eigenvalue weighted by atomic mass is 9.88. The predicted molar refractivity (Wildman–Crippen MR) is 146 cm³/mol. The van der Waals surface area contributed by atoms with Gasteiger partial charge in [0, 0.05) is 50.0 Å². The molecule has 7 nitrogen and oxygen atoms in total. The van der Waals surface area contributed by atoms with Crippen LogP contribution in [0, 0.1) is 0 Å². The lowest BCUT2D eigenvalue weighted by Gasteiger charge is -2.44. The average Bonchev–Trinajstić information content (AvgIpc) is 3.37. The largest absolute Gasteiger partial charge is 0.457 e. The number of anilines is 1. The Labute approximate surface area is 213 Å². The van der Waals surface area contributed by atoms with E-state index in [9.17, 15) is 0 Å².